The summed E-state index contributed by atoms with van der Waals surface area (Å²) in [5.74, 6) is -2.25. The Morgan fingerprint density at radius 1 is 1.20 bits per heavy atom. The fourth-order valence-corrected chi connectivity index (χ4v) is 4.47. The summed E-state index contributed by atoms with van der Waals surface area (Å²) in [5, 5.41) is 20.8. The highest BCUT2D eigenvalue weighted by atomic mass is 35.5. The Kier molecular flexibility index (Phi) is 4.21. The van der Waals surface area contributed by atoms with Crippen LogP contribution >= 0.6 is 23.2 Å². The van der Waals surface area contributed by atoms with Gasteiger partial charge in [0.25, 0.3) is 5.91 Å². The van der Waals surface area contributed by atoms with Crippen LogP contribution < -0.4 is 5.73 Å². The SMILES string of the molecule is CCOC1(OCC)N=C(N)C2(C#N)C(c3ccc(Cl)cc3Cl)C12C#N. The molecule has 1 aromatic rings. The Labute approximate surface area is 155 Å². The van der Waals surface area contributed by atoms with Crippen LogP contribution in [0.15, 0.2) is 23.2 Å². The minimum Gasteiger partial charge on any atom is -0.386 e. The highest BCUT2D eigenvalue weighted by Gasteiger charge is 2.93. The second-order valence-corrected chi connectivity index (χ2v) is 6.73. The third-order valence-corrected chi connectivity index (χ3v) is 5.44. The third kappa shape index (κ3) is 1.94. The molecule has 1 heterocycles. The second-order valence-electron chi connectivity index (χ2n) is 5.88. The molecule has 130 valence electrons. The Hall–Kier alpha value is -1.83. The minimum absolute atomic E-state index is 0.0227. The molecule has 25 heavy (non-hydrogen) atoms. The van der Waals surface area contributed by atoms with Crippen molar-refractivity contribution in [3.8, 4) is 12.1 Å². The van der Waals surface area contributed by atoms with Crippen molar-refractivity contribution in [2.45, 2.75) is 25.7 Å². The van der Waals surface area contributed by atoms with Crippen molar-refractivity contribution in [3.05, 3.63) is 33.8 Å². The molecule has 0 radical (unpaired) electrons. The van der Waals surface area contributed by atoms with E-state index in [1.807, 2.05) is 0 Å². The van der Waals surface area contributed by atoms with Crippen LogP contribution in [0.25, 0.3) is 0 Å². The average Bonchev–Trinajstić information content (AvgIpc) is 3.13. The number of hydrogen-bond acceptors (Lipinski definition) is 6. The summed E-state index contributed by atoms with van der Waals surface area (Å²) in [7, 11) is 0. The van der Waals surface area contributed by atoms with E-state index in [0.717, 1.165) is 0 Å². The smallest absolute Gasteiger partial charge is 0.293 e. The van der Waals surface area contributed by atoms with Crippen molar-refractivity contribution >= 4 is 29.0 Å². The molecule has 8 heteroatoms. The zero-order valence-corrected chi connectivity index (χ0v) is 15.2. The lowest BCUT2D eigenvalue weighted by molar-refractivity contribution is -0.255. The molecule has 1 fully saturated rings. The molecular weight excluding hydrogens is 363 g/mol. The maximum atomic E-state index is 10.1. The number of nitrogens with zero attached hydrogens (tertiary/aromatic N) is 3. The average molecular weight is 379 g/mol. The second kappa shape index (κ2) is 5.86. The van der Waals surface area contributed by atoms with Crippen molar-refractivity contribution < 1.29 is 9.47 Å². The van der Waals surface area contributed by atoms with Gasteiger partial charge in [-0.1, -0.05) is 29.3 Å². The molecule has 0 aromatic heterocycles. The number of benzene rings is 1. The molecule has 1 aliphatic carbocycles. The number of rotatable bonds is 5. The number of amidine groups is 1. The molecule has 1 aromatic carbocycles. The molecule has 0 spiro atoms. The van der Waals surface area contributed by atoms with E-state index < -0.39 is 22.7 Å². The van der Waals surface area contributed by atoms with Gasteiger partial charge in [0.1, 0.15) is 11.3 Å². The molecule has 3 atom stereocenters. The van der Waals surface area contributed by atoms with Gasteiger partial charge in [-0.15, -0.1) is 0 Å². The largest absolute Gasteiger partial charge is 0.386 e. The van der Waals surface area contributed by atoms with Gasteiger partial charge in [-0.2, -0.15) is 10.5 Å². The topological polar surface area (TPSA) is 104 Å². The van der Waals surface area contributed by atoms with Crippen molar-refractivity contribution in [3.63, 3.8) is 0 Å². The Balaban J connectivity index is 2.25. The highest BCUT2D eigenvalue weighted by molar-refractivity contribution is 6.35. The summed E-state index contributed by atoms with van der Waals surface area (Å²) in [6.07, 6.45) is 0. The van der Waals surface area contributed by atoms with Gasteiger partial charge < -0.3 is 15.2 Å². The number of ether oxygens (including phenoxy) is 2. The van der Waals surface area contributed by atoms with Gasteiger partial charge in [-0.05, 0) is 31.5 Å². The first-order valence-electron chi connectivity index (χ1n) is 7.81. The highest BCUT2D eigenvalue weighted by Crippen LogP contribution is 2.82. The van der Waals surface area contributed by atoms with Crippen molar-refractivity contribution in [1.82, 2.24) is 0 Å². The molecule has 3 rings (SSSR count). The summed E-state index contributed by atoms with van der Waals surface area (Å²) in [6.45, 7) is 4.00. The molecule has 0 saturated heterocycles. The number of aliphatic imine (C=N–C) groups is 1. The van der Waals surface area contributed by atoms with E-state index in [2.05, 4.69) is 17.1 Å². The summed E-state index contributed by atoms with van der Waals surface area (Å²) >= 11 is 12.3. The fraction of sp³-hybridized carbons (Fsp3) is 0.471. The van der Waals surface area contributed by atoms with E-state index in [4.69, 9.17) is 38.4 Å². The first-order chi connectivity index (χ1) is 11.9. The Morgan fingerprint density at radius 2 is 1.84 bits per heavy atom. The van der Waals surface area contributed by atoms with Gasteiger partial charge in [0, 0.05) is 29.2 Å². The first kappa shape index (κ1) is 18.0. The van der Waals surface area contributed by atoms with E-state index in [1.165, 1.54) is 0 Å². The molecule has 6 nitrogen and oxygen atoms in total. The van der Waals surface area contributed by atoms with Crippen LogP contribution in [-0.4, -0.2) is 25.0 Å². The predicted molar refractivity (Wildman–Crippen MR) is 92.9 cm³/mol. The van der Waals surface area contributed by atoms with Gasteiger partial charge >= 0.3 is 0 Å². The standard InChI is InChI=1S/C17H16Cl2N4O2/c1-3-24-17(25-4-2)16(9-21)13(15(16,8-20)14(22)23-17)11-6-5-10(18)7-12(11)19/h5-7,13H,3-4H2,1-2H3,(H2,22,23). The number of nitrogens with two attached hydrogens (primary N) is 1. The molecule has 0 amide bonds. The van der Waals surface area contributed by atoms with Crippen LogP contribution in [0, 0.1) is 33.5 Å². The minimum atomic E-state index is -1.64. The third-order valence-electron chi connectivity index (χ3n) is 4.88. The Bertz CT molecular complexity index is 838. The maximum absolute atomic E-state index is 10.1. The summed E-state index contributed by atoms with van der Waals surface area (Å²) in [6, 6.07) is 9.34. The Morgan fingerprint density at radius 3 is 2.32 bits per heavy atom. The number of nitriles is 2. The molecule has 2 N–H and O–H groups in total. The molecular formula is C17H16Cl2N4O2. The summed E-state index contributed by atoms with van der Waals surface area (Å²) in [4.78, 5) is 4.28. The number of halogens is 2. The zero-order chi connectivity index (χ0) is 18.5. The van der Waals surface area contributed by atoms with Crippen LogP contribution in [0.4, 0.5) is 0 Å². The van der Waals surface area contributed by atoms with Crippen molar-refractivity contribution in [1.29, 1.82) is 10.5 Å². The van der Waals surface area contributed by atoms with Crippen molar-refractivity contribution in [2.75, 3.05) is 13.2 Å². The van der Waals surface area contributed by atoms with Crippen LogP contribution in [-0.2, 0) is 9.47 Å². The van der Waals surface area contributed by atoms with Gasteiger partial charge in [0.15, 0.2) is 5.41 Å². The van der Waals surface area contributed by atoms with Crippen LogP contribution in [0.3, 0.4) is 0 Å². The van der Waals surface area contributed by atoms with Gasteiger partial charge in [-0.25, -0.2) is 4.99 Å². The summed E-state index contributed by atoms with van der Waals surface area (Å²) in [5.41, 5.74) is 3.94. The number of fused-ring (bicyclic) bond motifs is 1. The van der Waals surface area contributed by atoms with Gasteiger partial charge in [0.05, 0.1) is 12.1 Å². The molecule has 2 aliphatic rings. The van der Waals surface area contributed by atoms with E-state index in [-0.39, 0.29) is 19.0 Å². The van der Waals surface area contributed by atoms with Crippen molar-refractivity contribution in [2.24, 2.45) is 21.6 Å². The lowest BCUT2D eigenvalue weighted by Gasteiger charge is -2.31. The van der Waals surface area contributed by atoms with Crippen LogP contribution in [0.2, 0.25) is 10.0 Å². The fourth-order valence-electron chi connectivity index (χ4n) is 3.95. The maximum Gasteiger partial charge on any atom is 0.293 e. The number of hydrogen-bond donors (Lipinski definition) is 1. The zero-order valence-electron chi connectivity index (χ0n) is 13.7. The van der Waals surface area contributed by atoms with Crippen LogP contribution in [0.1, 0.15) is 25.3 Å². The van der Waals surface area contributed by atoms with E-state index in [1.54, 1.807) is 32.0 Å². The summed E-state index contributed by atoms with van der Waals surface area (Å²) < 4.78 is 11.5. The molecule has 1 saturated carbocycles. The molecule has 0 bridgehead atoms. The molecule has 1 aliphatic heterocycles. The van der Waals surface area contributed by atoms with Gasteiger partial charge in [-0.3, -0.25) is 0 Å². The predicted octanol–water partition coefficient (Wildman–Crippen LogP) is 3.21. The van der Waals surface area contributed by atoms with Crippen LogP contribution in [0.5, 0.6) is 0 Å². The first-order valence-corrected chi connectivity index (χ1v) is 8.57. The lowest BCUT2D eigenvalue weighted by Crippen LogP contribution is -2.43. The monoisotopic (exact) mass is 378 g/mol. The quantitative estimate of drug-likeness (QED) is 0.791. The van der Waals surface area contributed by atoms with E-state index >= 15 is 0 Å². The van der Waals surface area contributed by atoms with Gasteiger partial charge in [0.2, 0.25) is 0 Å². The van der Waals surface area contributed by atoms with E-state index in [9.17, 15) is 10.5 Å². The van der Waals surface area contributed by atoms with E-state index in [0.29, 0.717) is 15.6 Å². The lowest BCUT2D eigenvalue weighted by atomic mass is 9.93. The molecule has 3 unspecified atom stereocenters. The normalized spacial score (nSPS) is 31.6.